The molecule has 0 unspecified atom stereocenters. The van der Waals surface area contributed by atoms with Gasteiger partial charge in [-0.15, -0.1) is 0 Å². The molecule has 0 aromatic heterocycles. The molecule has 66 valence electrons. The molecule has 0 aliphatic carbocycles. The third-order valence-corrected chi connectivity index (χ3v) is 3.67. The number of allylic oxidation sites excluding steroid dienone is 1. The van der Waals surface area contributed by atoms with Gasteiger partial charge in [-0.05, 0) is 24.7 Å². The zero-order chi connectivity index (χ0) is 8.91. The Balaban J connectivity index is 4.16. The van der Waals surface area contributed by atoms with Gasteiger partial charge in [0.25, 0.3) is 0 Å². The lowest BCUT2D eigenvalue weighted by Gasteiger charge is -2.28. The highest BCUT2D eigenvalue weighted by Crippen LogP contribution is 2.36. The molecule has 0 fully saturated rings. The highest BCUT2D eigenvalue weighted by atomic mass is 79.9. The Hall–Kier alpha value is 0.510. The molecule has 0 nitrogen and oxygen atoms in total. The van der Waals surface area contributed by atoms with Crippen LogP contribution in [0, 0.1) is 5.41 Å². The second kappa shape index (κ2) is 5.21. The monoisotopic (exact) mass is 238 g/mol. The smallest absolute Gasteiger partial charge is 0.0115 e. The fourth-order valence-electron chi connectivity index (χ4n) is 1.14. The highest BCUT2D eigenvalue weighted by molar-refractivity contribution is 9.09. The normalized spacial score (nSPS) is 11.6. The van der Waals surface area contributed by atoms with Crippen LogP contribution < -0.4 is 0 Å². The van der Waals surface area contributed by atoms with Crippen LogP contribution in [0.25, 0.3) is 0 Å². The van der Waals surface area contributed by atoms with Crippen molar-refractivity contribution in [2.45, 2.75) is 33.1 Å². The molecular weight excluding hydrogens is 223 g/mol. The predicted molar refractivity (Wildman–Crippen MR) is 56.4 cm³/mol. The van der Waals surface area contributed by atoms with Gasteiger partial charge in [0.15, 0.2) is 0 Å². The molecule has 11 heavy (non-hydrogen) atoms. The molecule has 0 N–H and O–H groups in total. The molecule has 0 bridgehead atoms. The molecule has 0 aromatic rings. The van der Waals surface area contributed by atoms with E-state index in [-0.39, 0.29) is 0 Å². The van der Waals surface area contributed by atoms with Crippen molar-refractivity contribution < 1.29 is 0 Å². The zero-order valence-electron chi connectivity index (χ0n) is 7.29. The van der Waals surface area contributed by atoms with Crippen LogP contribution in [-0.4, -0.2) is 5.33 Å². The summed E-state index contributed by atoms with van der Waals surface area (Å²) in [5, 5.41) is 1.78. The van der Waals surface area contributed by atoms with Gasteiger partial charge < -0.3 is 0 Å². The SMILES string of the molecule is C=C(Cl)CC(CC)(CC)CBr. The Morgan fingerprint density at radius 3 is 2.00 bits per heavy atom. The van der Waals surface area contributed by atoms with Gasteiger partial charge in [0.1, 0.15) is 0 Å². The second-order valence-corrected chi connectivity index (χ2v) is 4.13. The molecule has 0 amide bonds. The van der Waals surface area contributed by atoms with E-state index in [4.69, 9.17) is 11.6 Å². The van der Waals surface area contributed by atoms with Crippen molar-refractivity contribution in [3.05, 3.63) is 11.6 Å². The van der Waals surface area contributed by atoms with Crippen LogP contribution in [0.5, 0.6) is 0 Å². The topological polar surface area (TPSA) is 0 Å². The Labute approximate surface area is 83.1 Å². The maximum atomic E-state index is 5.78. The van der Waals surface area contributed by atoms with E-state index < -0.39 is 0 Å². The van der Waals surface area contributed by atoms with Gasteiger partial charge in [-0.25, -0.2) is 0 Å². The van der Waals surface area contributed by atoms with Crippen LogP contribution in [0.2, 0.25) is 0 Å². The third-order valence-electron chi connectivity index (χ3n) is 2.35. The average Bonchev–Trinajstić information content (AvgIpc) is 2.00. The largest absolute Gasteiger partial charge is 0.0922 e. The first-order valence-corrected chi connectivity index (χ1v) is 5.49. The van der Waals surface area contributed by atoms with Crippen molar-refractivity contribution in [1.82, 2.24) is 0 Å². The van der Waals surface area contributed by atoms with Crippen LogP contribution in [0.1, 0.15) is 33.1 Å². The van der Waals surface area contributed by atoms with E-state index in [9.17, 15) is 0 Å². The number of alkyl halides is 1. The molecule has 0 aliphatic heterocycles. The zero-order valence-corrected chi connectivity index (χ0v) is 9.63. The molecule has 2 heteroatoms. The van der Waals surface area contributed by atoms with Gasteiger partial charge in [-0.2, -0.15) is 0 Å². The predicted octanol–water partition coefficient (Wildman–Crippen LogP) is 4.33. The van der Waals surface area contributed by atoms with Gasteiger partial charge in [0.05, 0.1) is 0 Å². The van der Waals surface area contributed by atoms with E-state index in [0.717, 1.165) is 29.6 Å². The summed E-state index contributed by atoms with van der Waals surface area (Å²) in [4.78, 5) is 0. The maximum Gasteiger partial charge on any atom is 0.0115 e. The summed E-state index contributed by atoms with van der Waals surface area (Å²) in [7, 11) is 0. The summed E-state index contributed by atoms with van der Waals surface area (Å²) in [6.45, 7) is 8.13. The number of hydrogen-bond acceptors (Lipinski definition) is 0. The number of rotatable bonds is 5. The molecule has 0 saturated carbocycles. The molecule has 0 radical (unpaired) electrons. The summed E-state index contributed by atoms with van der Waals surface area (Å²) in [6, 6.07) is 0. The third kappa shape index (κ3) is 3.62. The van der Waals surface area contributed by atoms with Crippen LogP contribution >= 0.6 is 27.5 Å². The lowest BCUT2D eigenvalue weighted by atomic mass is 9.81. The van der Waals surface area contributed by atoms with E-state index in [1.54, 1.807) is 0 Å². The van der Waals surface area contributed by atoms with Crippen LogP contribution in [0.15, 0.2) is 11.6 Å². The van der Waals surface area contributed by atoms with Crippen molar-refractivity contribution in [2.24, 2.45) is 5.41 Å². The van der Waals surface area contributed by atoms with Gasteiger partial charge >= 0.3 is 0 Å². The first kappa shape index (κ1) is 11.5. The highest BCUT2D eigenvalue weighted by Gasteiger charge is 2.24. The van der Waals surface area contributed by atoms with Crippen LogP contribution in [-0.2, 0) is 0 Å². The summed E-state index contributed by atoms with van der Waals surface area (Å²) in [5.74, 6) is 0. The van der Waals surface area contributed by atoms with Gasteiger partial charge in [-0.3, -0.25) is 0 Å². The van der Waals surface area contributed by atoms with Gasteiger partial charge in [0, 0.05) is 10.4 Å². The molecule has 0 rings (SSSR count). The van der Waals surface area contributed by atoms with Crippen molar-refractivity contribution in [2.75, 3.05) is 5.33 Å². The Morgan fingerprint density at radius 1 is 1.45 bits per heavy atom. The molecule has 0 saturated heterocycles. The minimum Gasteiger partial charge on any atom is -0.0922 e. The van der Waals surface area contributed by atoms with Crippen LogP contribution in [0.4, 0.5) is 0 Å². The Bertz CT molecular complexity index is 119. The minimum absolute atomic E-state index is 0.332. The Morgan fingerprint density at radius 2 is 1.91 bits per heavy atom. The fourth-order valence-corrected chi connectivity index (χ4v) is 2.42. The fraction of sp³-hybridized carbons (Fsp3) is 0.778. The summed E-state index contributed by atoms with van der Waals surface area (Å²) in [6.07, 6.45) is 3.23. The maximum absolute atomic E-state index is 5.78. The van der Waals surface area contributed by atoms with Crippen molar-refractivity contribution >= 4 is 27.5 Å². The summed E-state index contributed by atoms with van der Waals surface area (Å²) >= 11 is 9.31. The van der Waals surface area contributed by atoms with Crippen LogP contribution in [0.3, 0.4) is 0 Å². The Kier molecular flexibility index (Phi) is 5.45. The number of hydrogen-bond donors (Lipinski definition) is 0. The number of halogens is 2. The summed E-state index contributed by atoms with van der Waals surface area (Å²) < 4.78 is 0. The quantitative estimate of drug-likeness (QED) is 0.627. The van der Waals surface area contributed by atoms with E-state index >= 15 is 0 Å². The standard InChI is InChI=1S/C9H16BrCl/c1-4-9(5-2,7-10)6-8(3)11/h3-7H2,1-2H3. The van der Waals surface area contributed by atoms with Gasteiger partial charge in [0.2, 0.25) is 0 Å². The summed E-state index contributed by atoms with van der Waals surface area (Å²) in [5.41, 5.74) is 0.332. The molecule has 0 heterocycles. The van der Waals surface area contributed by atoms with Gasteiger partial charge in [-0.1, -0.05) is 48.0 Å². The van der Waals surface area contributed by atoms with Crippen molar-refractivity contribution in [1.29, 1.82) is 0 Å². The van der Waals surface area contributed by atoms with E-state index in [2.05, 4.69) is 36.4 Å². The van der Waals surface area contributed by atoms with E-state index in [0.29, 0.717) is 5.41 Å². The van der Waals surface area contributed by atoms with E-state index in [1.807, 2.05) is 0 Å². The first-order valence-electron chi connectivity index (χ1n) is 3.99. The lowest BCUT2D eigenvalue weighted by Crippen LogP contribution is -2.20. The molecule has 0 spiro atoms. The minimum atomic E-state index is 0.332. The van der Waals surface area contributed by atoms with Crippen molar-refractivity contribution in [3.8, 4) is 0 Å². The average molecular weight is 240 g/mol. The molecular formula is C9H16BrCl. The molecule has 0 aliphatic rings. The first-order chi connectivity index (χ1) is 5.10. The van der Waals surface area contributed by atoms with Crippen molar-refractivity contribution in [3.63, 3.8) is 0 Å². The molecule has 0 atom stereocenters. The van der Waals surface area contributed by atoms with E-state index in [1.165, 1.54) is 0 Å². The lowest BCUT2D eigenvalue weighted by molar-refractivity contribution is 0.311. The molecule has 0 aromatic carbocycles. The second-order valence-electron chi connectivity index (χ2n) is 3.03.